The molecule has 0 aliphatic rings. The predicted molar refractivity (Wildman–Crippen MR) is 83.9 cm³/mol. The van der Waals surface area contributed by atoms with Crippen molar-refractivity contribution in [3.8, 4) is 0 Å². The van der Waals surface area contributed by atoms with Crippen LogP contribution in [0.2, 0.25) is 0 Å². The van der Waals surface area contributed by atoms with Crippen LogP contribution < -0.4 is 0 Å². The molecule has 116 valence electrons. The van der Waals surface area contributed by atoms with Crippen LogP contribution in [0.25, 0.3) is 11.0 Å². The molecule has 0 fully saturated rings. The van der Waals surface area contributed by atoms with Gasteiger partial charge in [0.15, 0.2) is 11.8 Å². The van der Waals surface area contributed by atoms with Crippen LogP contribution in [0.1, 0.15) is 22.0 Å². The molecule has 3 aromatic rings. The molecule has 1 heterocycles. The van der Waals surface area contributed by atoms with E-state index in [0.717, 1.165) is 5.56 Å². The molecule has 3 rings (SSSR count). The van der Waals surface area contributed by atoms with E-state index in [4.69, 9.17) is 0 Å². The van der Waals surface area contributed by atoms with Crippen molar-refractivity contribution in [3.05, 3.63) is 69.8 Å². The number of para-hydroxylation sites is 1. The number of carbonyl (C=O) groups excluding carboxylic acids is 1. The molecule has 0 radical (unpaired) electrons. The Morgan fingerprint density at radius 2 is 1.91 bits per heavy atom. The van der Waals surface area contributed by atoms with Gasteiger partial charge in [0, 0.05) is 10.5 Å². The minimum Gasteiger partial charge on any atom is -0.291 e. The first-order valence-electron chi connectivity index (χ1n) is 7.09. The first-order valence-corrected chi connectivity index (χ1v) is 7.09. The molecular formula is C16H14N4O3. The van der Waals surface area contributed by atoms with E-state index in [1.165, 1.54) is 4.68 Å². The van der Waals surface area contributed by atoms with Crippen LogP contribution in [-0.4, -0.2) is 32.2 Å². The molecule has 1 aromatic heterocycles. The van der Waals surface area contributed by atoms with Crippen LogP contribution in [0, 0.1) is 17.0 Å². The Morgan fingerprint density at radius 3 is 2.61 bits per heavy atom. The number of Topliss-reactive ketones (excluding diaryl/α,β-unsaturated/α-hetero) is 1. The highest BCUT2D eigenvalue weighted by molar-refractivity contribution is 5.99. The quantitative estimate of drug-likeness (QED) is 0.410. The van der Waals surface area contributed by atoms with E-state index in [1.807, 2.05) is 6.92 Å². The molecule has 1 unspecified atom stereocenters. The third kappa shape index (κ3) is 2.94. The van der Waals surface area contributed by atoms with Crippen molar-refractivity contribution in [2.75, 3.05) is 6.54 Å². The van der Waals surface area contributed by atoms with Gasteiger partial charge in [-0.15, -0.1) is 5.10 Å². The maximum atomic E-state index is 12.7. The normalized spacial score (nSPS) is 12.2. The van der Waals surface area contributed by atoms with E-state index in [1.54, 1.807) is 48.5 Å². The van der Waals surface area contributed by atoms with Crippen molar-refractivity contribution in [1.29, 1.82) is 0 Å². The SMILES string of the molecule is Cc1ccc(C(=O)C(C[N+](=O)[O-])n2nnc3ccccc32)cc1. The molecule has 0 aliphatic heterocycles. The highest BCUT2D eigenvalue weighted by atomic mass is 16.6. The lowest BCUT2D eigenvalue weighted by Gasteiger charge is -2.13. The Morgan fingerprint density at radius 1 is 1.22 bits per heavy atom. The molecule has 0 aliphatic carbocycles. The second-order valence-corrected chi connectivity index (χ2v) is 5.28. The first-order chi connectivity index (χ1) is 11.1. The second kappa shape index (κ2) is 5.96. The summed E-state index contributed by atoms with van der Waals surface area (Å²) in [5.41, 5.74) is 2.62. The maximum Gasteiger partial charge on any atom is 0.233 e. The van der Waals surface area contributed by atoms with Crippen LogP contribution in [0.5, 0.6) is 0 Å². The number of carbonyl (C=O) groups is 1. The number of aromatic nitrogens is 3. The van der Waals surface area contributed by atoms with Crippen molar-refractivity contribution in [3.63, 3.8) is 0 Å². The fourth-order valence-corrected chi connectivity index (χ4v) is 2.44. The van der Waals surface area contributed by atoms with Gasteiger partial charge in [-0.05, 0) is 19.1 Å². The molecule has 0 spiro atoms. The number of nitro groups is 1. The number of fused-ring (bicyclic) bond motifs is 1. The fourth-order valence-electron chi connectivity index (χ4n) is 2.44. The molecule has 7 nitrogen and oxygen atoms in total. The van der Waals surface area contributed by atoms with Gasteiger partial charge in [-0.2, -0.15) is 0 Å². The van der Waals surface area contributed by atoms with Crippen LogP contribution in [-0.2, 0) is 0 Å². The summed E-state index contributed by atoms with van der Waals surface area (Å²) in [4.78, 5) is 23.3. The summed E-state index contributed by atoms with van der Waals surface area (Å²) in [6, 6.07) is 13.0. The lowest BCUT2D eigenvalue weighted by atomic mass is 10.0. The molecule has 0 saturated heterocycles. The van der Waals surface area contributed by atoms with E-state index >= 15 is 0 Å². The van der Waals surface area contributed by atoms with Crippen molar-refractivity contribution in [1.82, 2.24) is 15.0 Å². The topological polar surface area (TPSA) is 90.9 Å². The summed E-state index contributed by atoms with van der Waals surface area (Å²) in [5.74, 6) is -0.350. The molecule has 23 heavy (non-hydrogen) atoms. The molecule has 0 saturated carbocycles. The van der Waals surface area contributed by atoms with Crippen molar-refractivity contribution in [2.45, 2.75) is 13.0 Å². The van der Waals surface area contributed by atoms with E-state index in [9.17, 15) is 14.9 Å². The standard InChI is InChI=1S/C16H14N4O3/c1-11-6-8-12(9-7-11)16(21)15(10-19(22)23)20-14-5-3-2-4-13(14)17-18-20/h2-9,15H,10H2,1H3. The number of rotatable bonds is 5. The Balaban J connectivity index is 2.05. The van der Waals surface area contributed by atoms with Gasteiger partial charge in [-0.25, -0.2) is 4.68 Å². The second-order valence-electron chi connectivity index (χ2n) is 5.28. The number of ketones is 1. The van der Waals surface area contributed by atoms with Gasteiger partial charge in [-0.1, -0.05) is 47.2 Å². The Bertz CT molecular complexity index is 870. The van der Waals surface area contributed by atoms with E-state index in [-0.39, 0.29) is 5.78 Å². The molecule has 2 aromatic carbocycles. The summed E-state index contributed by atoms with van der Waals surface area (Å²) >= 11 is 0. The molecular weight excluding hydrogens is 296 g/mol. The third-order valence-electron chi connectivity index (χ3n) is 3.63. The van der Waals surface area contributed by atoms with E-state index in [2.05, 4.69) is 10.3 Å². The summed E-state index contributed by atoms with van der Waals surface area (Å²) in [7, 11) is 0. The zero-order valence-corrected chi connectivity index (χ0v) is 12.4. The van der Waals surface area contributed by atoms with E-state index in [0.29, 0.717) is 16.6 Å². The zero-order chi connectivity index (χ0) is 16.4. The first kappa shape index (κ1) is 14.8. The fraction of sp³-hybridized carbons (Fsp3) is 0.188. The summed E-state index contributed by atoms with van der Waals surface area (Å²) in [6.45, 7) is 1.37. The average Bonchev–Trinajstić information content (AvgIpc) is 2.96. The van der Waals surface area contributed by atoms with Crippen LogP contribution >= 0.6 is 0 Å². The van der Waals surface area contributed by atoms with Gasteiger partial charge in [0.1, 0.15) is 5.52 Å². The van der Waals surface area contributed by atoms with E-state index < -0.39 is 17.5 Å². The number of hydrogen-bond donors (Lipinski definition) is 0. The van der Waals surface area contributed by atoms with Gasteiger partial charge in [-0.3, -0.25) is 14.9 Å². The molecule has 7 heteroatoms. The van der Waals surface area contributed by atoms with Crippen LogP contribution in [0.15, 0.2) is 48.5 Å². The Labute approximate surface area is 131 Å². The van der Waals surface area contributed by atoms with Crippen LogP contribution in [0.3, 0.4) is 0 Å². The molecule has 0 N–H and O–H groups in total. The van der Waals surface area contributed by atoms with Crippen molar-refractivity contribution < 1.29 is 9.72 Å². The van der Waals surface area contributed by atoms with Gasteiger partial charge in [0.2, 0.25) is 6.54 Å². The Hall–Kier alpha value is -3.09. The smallest absolute Gasteiger partial charge is 0.233 e. The maximum absolute atomic E-state index is 12.7. The zero-order valence-electron chi connectivity index (χ0n) is 12.4. The monoisotopic (exact) mass is 310 g/mol. The highest BCUT2D eigenvalue weighted by Gasteiger charge is 2.29. The predicted octanol–water partition coefficient (Wildman–Crippen LogP) is 2.44. The van der Waals surface area contributed by atoms with Gasteiger partial charge in [0.25, 0.3) is 0 Å². The summed E-state index contributed by atoms with van der Waals surface area (Å²) in [5, 5.41) is 19.0. The van der Waals surface area contributed by atoms with Gasteiger partial charge >= 0.3 is 0 Å². The minimum absolute atomic E-state index is 0.350. The number of benzene rings is 2. The van der Waals surface area contributed by atoms with Gasteiger partial charge in [0.05, 0.1) is 5.52 Å². The largest absolute Gasteiger partial charge is 0.291 e. The molecule has 0 bridgehead atoms. The molecule has 0 amide bonds. The van der Waals surface area contributed by atoms with Crippen LogP contribution in [0.4, 0.5) is 0 Å². The lowest BCUT2D eigenvalue weighted by molar-refractivity contribution is -0.483. The lowest BCUT2D eigenvalue weighted by Crippen LogP contribution is -2.28. The van der Waals surface area contributed by atoms with Crippen molar-refractivity contribution >= 4 is 16.8 Å². The Kier molecular flexibility index (Phi) is 3.84. The van der Waals surface area contributed by atoms with Crippen molar-refractivity contribution in [2.24, 2.45) is 0 Å². The number of hydrogen-bond acceptors (Lipinski definition) is 5. The van der Waals surface area contributed by atoms with Gasteiger partial charge < -0.3 is 0 Å². The summed E-state index contributed by atoms with van der Waals surface area (Å²) in [6.07, 6.45) is 0. The highest BCUT2D eigenvalue weighted by Crippen LogP contribution is 2.20. The third-order valence-corrected chi connectivity index (χ3v) is 3.63. The minimum atomic E-state index is -1.03. The average molecular weight is 310 g/mol. The summed E-state index contributed by atoms with van der Waals surface area (Å²) < 4.78 is 1.33. The number of nitrogens with zero attached hydrogens (tertiary/aromatic N) is 4. The number of aryl methyl sites for hydroxylation is 1. The molecule has 1 atom stereocenters.